The Labute approximate surface area is 203 Å². The maximum atomic E-state index is 12.5. The number of carbonyl (C=O) groups is 1. The fourth-order valence-electron chi connectivity index (χ4n) is 3.96. The van der Waals surface area contributed by atoms with Gasteiger partial charge in [0, 0.05) is 42.1 Å². The lowest BCUT2D eigenvalue weighted by Crippen LogP contribution is -2.13. The summed E-state index contributed by atoms with van der Waals surface area (Å²) in [6.07, 6.45) is 8.47. The van der Waals surface area contributed by atoms with E-state index in [1.54, 1.807) is 18.5 Å². The topological polar surface area (TPSA) is 85.3 Å². The first-order valence-electron chi connectivity index (χ1n) is 11.6. The third-order valence-electron chi connectivity index (χ3n) is 5.91. The SMILES string of the molecule is CC(C)(C)c1cc(NC(=O)CCc2cccc(-c3cnc4cc(-c5ccncc5)ccn34)c2)no1. The van der Waals surface area contributed by atoms with Gasteiger partial charge in [0.15, 0.2) is 5.82 Å². The monoisotopic (exact) mass is 465 g/mol. The highest BCUT2D eigenvalue weighted by molar-refractivity contribution is 5.89. The number of rotatable bonds is 6. The summed E-state index contributed by atoms with van der Waals surface area (Å²) in [4.78, 5) is 21.2. The molecule has 0 spiro atoms. The highest BCUT2D eigenvalue weighted by Gasteiger charge is 2.20. The zero-order valence-corrected chi connectivity index (χ0v) is 20.0. The molecule has 0 aliphatic rings. The summed E-state index contributed by atoms with van der Waals surface area (Å²) >= 11 is 0. The van der Waals surface area contributed by atoms with Crippen molar-refractivity contribution in [1.82, 2.24) is 19.5 Å². The van der Waals surface area contributed by atoms with E-state index in [1.165, 1.54) is 0 Å². The van der Waals surface area contributed by atoms with E-state index in [4.69, 9.17) is 4.52 Å². The number of amides is 1. The Hall–Kier alpha value is -4.26. The Morgan fingerprint density at radius 2 is 1.83 bits per heavy atom. The van der Waals surface area contributed by atoms with E-state index in [-0.39, 0.29) is 11.3 Å². The summed E-state index contributed by atoms with van der Waals surface area (Å²) in [5.74, 6) is 1.09. The minimum Gasteiger partial charge on any atom is -0.359 e. The predicted octanol–water partition coefficient (Wildman–Crippen LogP) is 5.92. The van der Waals surface area contributed by atoms with Crippen LogP contribution in [0.4, 0.5) is 5.82 Å². The minimum absolute atomic E-state index is 0.0948. The molecule has 0 bridgehead atoms. The molecule has 4 aromatic heterocycles. The van der Waals surface area contributed by atoms with Crippen molar-refractivity contribution in [1.29, 1.82) is 0 Å². The Morgan fingerprint density at radius 1 is 1.00 bits per heavy atom. The number of nitrogens with zero attached hydrogens (tertiary/aromatic N) is 4. The van der Waals surface area contributed by atoms with E-state index in [9.17, 15) is 4.79 Å². The largest absolute Gasteiger partial charge is 0.359 e. The van der Waals surface area contributed by atoms with Crippen molar-refractivity contribution < 1.29 is 9.32 Å². The van der Waals surface area contributed by atoms with Gasteiger partial charge in [0.05, 0.1) is 11.9 Å². The second kappa shape index (κ2) is 9.18. The number of carbonyl (C=O) groups excluding carboxylic acids is 1. The first-order chi connectivity index (χ1) is 16.9. The summed E-state index contributed by atoms with van der Waals surface area (Å²) in [7, 11) is 0. The maximum Gasteiger partial charge on any atom is 0.225 e. The number of aryl methyl sites for hydroxylation is 1. The lowest BCUT2D eigenvalue weighted by Gasteiger charge is -2.12. The normalized spacial score (nSPS) is 11.6. The standard InChI is InChI=1S/C28H27N5O2/c1-28(2,3)24-17-25(32-35-24)31-27(34)8-7-19-5-4-6-22(15-19)23-18-30-26-16-21(11-14-33(23)26)20-9-12-29-13-10-20/h4-6,9-18H,7-8H2,1-3H3,(H,31,32,34). The third kappa shape index (κ3) is 4.99. The van der Waals surface area contributed by atoms with Crippen molar-refractivity contribution >= 4 is 17.4 Å². The first kappa shape index (κ1) is 22.5. The van der Waals surface area contributed by atoms with Gasteiger partial charge in [0.2, 0.25) is 5.91 Å². The second-order valence-electron chi connectivity index (χ2n) is 9.60. The van der Waals surface area contributed by atoms with Crippen molar-refractivity contribution in [2.45, 2.75) is 39.0 Å². The summed E-state index contributed by atoms with van der Waals surface area (Å²) in [5, 5.41) is 6.79. The van der Waals surface area contributed by atoms with Gasteiger partial charge in [0.25, 0.3) is 0 Å². The van der Waals surface area contributed by atoms with Crippen LogP contribution in [-0.4, -0.2) is 25.4 Å². The smallest absolute Gasteiger partial charge is 0.225 e. The van der Waals surface area contributed by atoms with Gasteiger partial charge in [-0.3, -0.25) is 14.2 Å². The summed E-state index contributed by atoms with van der Waals surface area (Å²) in [6.45, 7) is 6.11. The maximum absolute atomic E-state index is 12.5. The number of fused-ring (bicyclic) bond motifs is 1. The highest BCUT2D eigenvalue weighted by atomic mass is 16.5. The molecule has 7 nitrogen and oxygen atoms in total. The minimum atomic E-state index is -0.158. The Bertz CT molecular complexity index is 1480. The van der Waals surface area contributed by atoms with Crippen LogP contribution >= 0.6 is 0 Å². The number of benzene rings is 1. The lowest BCUT2D eigenvalue weighted by atomic mass is 9.93. The second-order valence-corrected chi connectivity index (χ2v) is 9.60. The fourth-order valence-corrected chi connectivity index (χ4v) is 3.96. The molecule has 0 saturated carbocycles. The molecule has 1 N–H and O–H groups in total. The first-order valence-corrected chi connectivity index (χ1v) is 11.6. The zero-order valence-electron chi connectivity index (χ0n) is 20.0. The van der Waals surface area contributed by atoms with Crippen LogP contribution < -0.4 is 5.32 Å². The van der Waals surface area contributed by atoms with Crippen LogP contribution in [0.2, 0.25) is 0 Å². The van der Waals surface area contributed by atoms with Crippen molar-refractivity contribution in [2.75, 3.05) is 5.32 Å². The highest BCUT2D eigenvalue weighted by Crippen LogP contribution is 2.27. The number of imidazole rings is 1. The van der Waals surface area contributed by atoms with Crippen molar-refractivity contribution in [3.05, 3.63) is 90.7 Å². The van der Waals surface area contributed by atoms with Crippen LogP contribution in [0.25, 0.3) is 28.0 Å². The van der Waals surface area contributed by atoms with Gasteiger partial charge >= 0.3 is 0 Å². The van der Waals surface area contributed by atoms with Crippen LogP contribution in [0.15, 0.2) is 83.9 Å². The molecule has 1 aromatic carbocycles. The summed E-state index contributed by atoms with van der Waals surface area (Å²) < 4.78 is 7.42. The number of hydrogen-bond acceptors (Lipinski definition) is 5. The molecule has 0 unspecified atom stereocenters. The van der Waals surface area contributed by atoms with Crippen molar-refractivity contribution in [3.8, 4) is 22.4 Å². The van der Waals surface area contributed by atoms with Crippen LogP contribution in [-0.2, 0) is 16.6 Å². The summed E-state index contributed by atoms with van der Waals surface area (Å²) in [6, 6.07) is 18.1. The van der Waals surface area contributed by atoms with Gasteiger partial charge in [-0.05, 0) is 53.4 Å². The Kier molecular flexibility index (Phi) is 5.91. The van der Waals surface area contributed by atoms with Crippen molar-refractivity contribution in [2.24, 2.45) is 0 Å². The molecule has 0 radical (unpaired) electrons. The predicted molar refractivity (Wildman–Crippen MR) is 136 cm³/mol. The molecule has 0 aliphatic carbocycles. The number of pyridine rings is 2. The number of nitrogens with one attached hydrogen (secondary N) is 1. The Morgan fingerprint density at radius 3 is 2.60 bits per heavy atom. The summed E-state index contributed by atoms with van der Waals surface area (Å²) in [5.41, 5.74) is 6.06. The van der Waals surface area contributed by atoms with Crippen LogP contribution in [0.5, 0.6) is 0 Å². The van der Waals surface area contributed by atoms with Gasteiger partial charge in [-0.1, -0.05) is 44.1 Å². The zero-order chi connectivity index (χ0) is 24.4. The van der Waals surface area contributed by atoms with Gasteiger partial charge in [-0.15, -0.1) is 0 Å². The molecule has 4 heterocycles. The van der Waals surface area contributed by atoms with Gasteiger partial charge < -0.3 is 9.84 Å². The molecular formula is C28H27N5O2. The molecule has 7 heteroatoms. The van der Waals surface area contributed by atoms with E-state index in [0.717, 1.165) is 39.4 Å². The average molecular weight is 466 g/mol. The fraction of sp³-hybridized carbons (Fsp3) is 0.214. The average Bonchev–Trinajstić information content (AvgIpc) is 3.50. The van der Waals surface area contributed by atoms with Crippen LogP contribution in [0.1, 0.15) is 38.5 Å². The quantitative estimate of drug-likeness (QED) is 0.336. The molecular weight excluding hydrogens is 438 g/mol. The van der Waals surface area contributed by atoms with E-state index >= 15 is 0 Å². The van der Waals surface area contributed by atoms with Crippen LogP contribution in [0, 0.1) is 0 Å². The molecule has 35 heavy (non-hydrogen) atoms. The van der Waals surface area contributed by atoms with Gasteiger partial charge in [-0.25, -0.2) is 4.98 Å². The van der Waals surface area contributed by atoms with E-state index < -0.39 is 0 Å². The molecule has 5 rings (SSSR count). The van der Waals surface area contributed by atoms with Gasteiger partial charge in [-0.2, -0.15) is 0 Å². The van der Waals surface area contributed by atoms with Crippen molar-refractivity contribution in [3.63, 3.8) is 0 Å². The third-order valence-corrected chi connectivity index (χ3v) is 5.91. The van der Waals surface area contributed by atoms with Crippen LogP contribution in [0.3, 0.4) is 0 Å². The molecule has 1 amide bonds. The lowest BCUT2D eigenvalue weighted by molar-refractivity contribution is -0.116. The molecule has 176 valence electrons. The number of hydrogen-bond donors (Lipinski definition) is 1. The molecule has 5 aromatic rings. The van der Waals surface area contributed by atoms with E-state index in [2.05, 4.69) is 49.1 Å². The molecule has 0 saturated heterocycles. The Balaban J connectivity index is 1.28. The number of anilines is 1. The molecule has 0 aliphatic heterocycles. The number of aromatic nitrogens is 4. The van der Waals surface area contributed by atoms with E-state index in [1.807, 2.05) is 57.4 Å². The van der Waals surface area contributed by atoms with E-state index in [0.29, 0.717) is 18.7 Å². The van der Waals surface area contributed by atoms with Gasteiger partial charge in [0.1, 0.15) is 11.4 Å². The molecule has 0 atom stereocenters. The molecule has 0 fully saturated rings.